The van der Waals surface area contributed by atoms with Gasteiger partial charge in [-0.1, -0.05) is 18.2 Å². The molecule has 2 amide bonds. The largest absolute Gasteiger partial charge is 0.342 e. The van der Waals surface area contributed by atoms with Crippen molar-refractivity contribution in [1.82, 2.24) is 9.80 Å². The number of para-hydroxylation sites is 1. The van der Waals surface area contributed by atoms with Crippen LogP contribution >= 0.6 is 0 Å². The summed E-state index contributed by atoms with van der Waals surface area (Å²) in [6.07, 6.45) is 2.00. The van der Waals surface area contributed by atoms with E-state index in [4.69, 9.17) is 0 Å². The van der Waals surface area contributed by atoms with Crippen molar-refractivity contribution in [2.45, 2.75) is 39.7 Å². The summed E-state index contributed by atoms with van der Waals surface area (Å²) in [6, 6.07) is 7.77. The van der Waals surface area contributed by atoms with E-state index < -0.39 is 0 Å². The first-order valence-corrected chi connectivity index (χ1v) is 8.86. The van der Waals surface area contributed by atoms with Crippen LogP contribution < -0.4 is 4.90 Å². The highest BCUT2D eigenvalue weighted by molar-refractivity contribution is 5.98. The minimum absolute atomic E-state index is 0.0667. The Bertz CT molecular complexity index is 584. The summed E-state index contributed by atoms with van der Waals surface area (Å²) in [7, 11) is 1.85. The molecule has 1 atom stereocenters. The number of hydrogen-bond donors (Lipinski definition) is 0. The molecule has 0 aliphatic carbocycles. The number of carbonyl (C=O) groups excluding carboxylic acids is 2. The second kappa shape index (κ2) is 8.29. The number of aryl methyl sites for hydroxylation is 1. The van der Waals surface area contributed by atoms with Gasteiger partial charge >= 0.3 is 0 Å². The zero-order valence-electron chi connectivity index (χ0n) is 15.3. The predicted octanol–water partition coefficient (Wildman–Crippen LogP) is 2.15. The van der Waals surface area contributed by atoms with Crippen LogP contribution in [0.3, 0.4) is 0 Å². The SMILES string of the molecule is CCN(CC)C(=O)CN(C)C(C)C(=O)N1CCCc2ccccc21. The molecule has 1 heterocycles. The maximum atomic E-state index is 13.0. The molecule has 1 aliphatic heterocycles. The Labute approximate surface area is 145 Å². The topological polar surface area (TPSA) is 43.9 Å². The molecule has 0 bridgehead atoms. The minimum Gasteiger partial charge on any atom is -0.342 e. The highest BCUT2D eigenvalue weighted by Gasteiger charge is 2.29. The number of anilines is 1. The number of carbonyl (C=O) groups is 2. The van der Waals surface area contributed by atoms with Crippen LogP contribution in [0.4, 0.5) is 5.69 Å². The highest BCUT2D eigenvalue weighted by atomic mass is 16.2. The van der Waals surface area contributed by atoms with Crippen molar-refractivity contribution >= 4 is 17.5 Å². The van der Waals surface area contributed by atoms with Crippen molar-refractivity contribution in [2.75, 3.05) is 38.1 Å². The third-order valence-corrected chi connectivity index (χ3v) is 4.90. The third kappa shape index (κ3) is 3.96. The Morgan fingerprint density at radius 1 is 1.21 bits per heavy atom. The van der Waals surface area contributed by atoms with Gasteiger partial charge in [0, 0.05) is 25.3 Å². The van der Waals surface area contributed by atoms with Gasteiger partial charge in [0.1, 0.15) is 0 Å². The van der Waals surface area contributed by atoms with Gasteiger partial charge in [0.05, 0.1) is 12.6 Å². The van der Waals surface area contributed by atoms with E-state index in [-0.39, 0.29) is 24.4 Å². The summed E-state index contributed by atoms with van der Waals surface area (Å²) in [4.78, 5) is 30.7. The highest BCUT2D eigenvalue weighted by Crippen LogP contribution is 2.27. The van der Waals surface area contributed by atoms with Crippen molar-refractivity contribution in [3.05, 3.63) is 29.8 Å². The van der Waals surface area contributed by atoms with E-state index in [2.05, 4.69) is 6.07 Å². The predicted molar refractivity (Wildman–Crippen MR) is 97.1 cm³/mol. The van der Waals surface area contributed by atoms with Gasteiger partial charge in [-0.25, -0.2) is 0 Å². The lowest BCUT2D eigenvalue weighted by Crippen LogP contribution is -2.50. The zero-order chi connectivity index (χ0) is 17.7. The van der Waals surface area contributed by atoms with Crippen molar-refractivity contribution in [2.24, 2.45) is 0 Å². The monoisotopic (exact) mass is 331 g/mol. The number of benzene rings is 1. The van der Waals surface area contributed by atoms with Gasteiger partial charge in [0.2, 0.25) is 11.8 Å². The first-order chi connectivity index (χ1) is 11.5. The Hall–Kier alpha value is -1.88. The summed E-state index contributed by atoms with van der Waals surface area (Å²) >= 11 is 0. The number of rotatable bonds is 6. The summed E-state index contributed by atoms with van der Waals surface area (Å²) in [5, 5.41) is 0. The normalized spacial score (nSPS) is 15.1. The molecule has 0 spiro atoms. The van der Waals surface area contributed by atoms with Crippen LogP contribution in [0.1, 0.15) is 32.8 Å². The van der Waals surface area contributed by atoms with E-state index in [0.717, 1.165) is 25.1 Å². The molecular weight excluding hydrogens is 302 g/mol. The molecule has 1 unspecified atom stereocenters. The average molecular weight is 331 g/mol. The van der Waals surface area contributed by atoms with Gasteiger partial charge in [-0.2, -0.15) is 0 Å². The molecule has 0 aromatic heterocycles. The lowest BCUT2D eigenvalue weighted by molar-refractivity contribution is -0.133. The van der Waals surface area contributed by atoms with Crippen LogP contribution in [0.2, 0.25) is 0 Å². The number of likely N-dealkylation sites (N-methyl/N-ethyl adjacent to an activating group) is 2. The summed E-state index contributed by atoms with van der Waals surface area (Å²) in [5.74, 6) is 0.137. The molecule has 0 radical (unpaired) electrons. The lowest BCUT2D eigenvalue weighted by atomic mass is 10.0. The summed E-state index contributed by atoms with van der Waals surface area (Å²) < 4.78 is 0. The molecule has 5 heteroatoms. The van der Waals surface area contributed by atoms with Gasteiger partial charge in [-0.05, 0) is 52.3 Å². The van der Waals surface area contributed by atoms with Crippen LogP contribution in [0.15, 0.2) is 24.3 Å². The number of fused-ring (bicyclic) bond motifs is 1. The molecule has 0 saturated heterocycles. The van der Waals surface area contributed by atoms with Crippen LogP contribution in [-0.2, 0) is 16.0 Å². The van der Waals surface area contributed by atoms with Gasteiger partial charge in [0.15, 0.2) is 0 Å². The fraction of sp³-hybridized carbons (Fsp3) is 0.579. The van der Waals surface area contributed by atoms with Crippen molar-refractivity contribution in [3.8, 4) is 0 Å². The molecule has 1 aromatic carbocycles. The fourth-order valence-corrected chi connectivity index (χ4v) is 3.20. The van der Waals surface area contributed by atoms with Gasteiger partial charge in [-0.15, -0.1) is 0 Å². The minimum atomic E-state index is -0.323. The average Bonchev–Trinajstić information content (AvgIpc) is 2.60. The number of amides is 2. The maximum absolute atomic E-state index is 13.0. The van der Waals surface area contributed by atoms with E-state index in [1.807, 2.05) is 55.8 Å². The van der Waals surface area contributed by atoms with E-state index >= 15 is 0 Å². The van der Waals surface area contributed by atoms with Gasteiger partial charge in [-0.3, -0.25) is 14.5 Å². The van der Waals surface area contributed by atoms with E-state index in [1.54, 1.807) is 4.90 Å². The van der Waals surface area contributed by atoms with E-state index in [1.165, 1.54) is 5.56 Å². The quantitative estimate of drug-likeness (QED) is 0.802. The smallest absolute Gasteiger partial charge is 0.244 e. The second-order valence-corrected chi connectivity index (χ2v) is 6.38. The first kappa shape index (κ1) is 18.5. The van der Waals surface area contributed by atoms with Gasteiger partial charge < -0.3 is 9.80 Å². The second-order valence-electron chi connectivity index (χ2n) is 6.38. The molecule has 0 fully saturated rings. The van der Waals surface area contributed by atoms with Crippen molar-refractivity contribution in [1.29, 1.82) is 0 Å². The fourth-order valence-electron chi connectivity index (χ4n) is 3.20. The summed E-state index contributed by atoms with van der Waals surface area (Å²) in [6.45, 7) is 8.24. The standard InChI is InChI=1S/C19H29N3O2/c1-5-21(6-2)18(23)14-20(4)15(3)19(24)22-13-9-11-16-10-7-8-12-17(16)22/h7-8,10,12,15H,5-6,9,11,13-14H2,1-4H3. The van der Waals surface area contributed by atoms with E-state index in [9.17, 15) is 9.59 Å². The summed E-state index contributed by atoms with van der Waals surface area (Å²) in [5.41, 5.74) is 2.25. The Morgan fingerprint density at radius 2 is 1.88 bits per heavy atom. The number of hydrogen-bond acceptors (Lipinski definition) is 3. The molecule has 5 nitrogen and oxygen atoms in total. The van der Waals surface area contributed by atoms with Crippen molar-refractivity contribution in [3.63, 3.8) is 0 Å². The Balaban J connectivity index is 2.06. The molecule has 132 valence electrons. The van der Waals surface area contributed by atoms with Crippen LogP contribution in [0.25, 0.3) is 0 Å². The molecule has 24 heavy (non-hydrogen) atoms. The van der Waals surface area contributed by atoms with Crippen LogP contribution in [0.5, 0.6) is 0 Å². The molecule has 0 saturated carbocycles. The maximum Gasteiger partial charge on any atom is 0.244 e. The molecule has 2 rings (SSSR count). The van der Waals surface area contributed by atoms with E-state index in [0.29, 0.717) is 13.1 Å². The first-order valence-electron chi connectivity index (χ1n) is 8.86. The molecule has 1 aliphatic rings. The van der Waals surface area contributed by atoms with Crippen LogP contribution in [0, 0.1) is 0 Å². The Morgan fingerprint density at radius 3 is 2.54 bits per heavy atom. The van der Waals surface area contributed by atoms with Crippen LogP contribution in [-0.4, -0.2) is 60.9 Å². The molecule has 0 N–H and O–H groups in total. The lowest BCUT2D eigenvalue weighted by Gasteiger charge is -2.34. The zero-order valence-corrected chi connectivity index (χ0v) is 15.3. The third-order valence-electron chi connectivity index (χ3n) is 4.90. The molecule has 1 aromatic rings. The number of nitrogens with zero attached hydrogens (tertiary/aromatic N) is 3. The van der Waals surface area contributed by atoms with Gasteiger partial charge in [0.25, 0.3) is 0 Å². The van der Waals surface area contributed by atoms with Crippen molar-refractivity contribution < 1.29 is 9.59 Å². The molecular formula is C19H29N3O2. The Kier molecular flexibility index (Phi) is 6.37.